The van der Waals surface area contributed by atoms with Gasteiger partial charge < -0.3 is 19.9 Å². The number of carbonyl (C=O) groups excluding carboxylic acids is 2. The second-order valence-corrected chi connectivity index (χ2v) is 11.5. The molecule has 4 heterocycles. The summed E-state index contributed by atoms with van der Waals surface area (Å²) in [5, 5.41) is 7.91. The number of aromatic nitrogens is 3. The van der Waals surface area contributed by atoms with Gasteiger partial charge in [0.1, 0.15) is 11.2 Å². The minimum Gasteiger partial charge on any atom is -0.497 e. The highest BCUT2D eigenvalue weighted by Gasteiger charge is 2.58. The van der Waals surface area contributed by atoms with E-state index in [2.05, 4.69) is 20.3 Å². The van der Waals surface area contributed by atoms with Crippen LogP contribution in [0.3, 0.4) is 0 Å². The molecule has 2 aromatic heterocycles. The number of anilines is 2. The molecule has 3 aliphatic rings. The van der Waals surface area contributed by atoms with Gasteiger partial charge in [-0.2, -0.15) is 5.10 Å². The zero-order valence-electron chi connectivity index (χ0n) is 22.5. The number of nitrogens with one attached hydrogen (secondary N) is 1. The highest BCUT2D eigenvalue weighted by molar-refractivity contribution is 6.30. The number of nitrogens with zero attached hydrogens (tertiary/aromatic N) is 5. The molecule has 0 unspecified atom stereocenters. The fraction of sp³-hybridized carbons (Fsp3) is 0.448. The van der Waals surface area contributed by atoms with Crippen LogP contribution >= 0.6 is 11.6 Å². The number of amides is 2. The predicted molar refractivity (Wildman–Crippen MR) is 150 cm³/mol. The third kappa shape index (κ3) is 4.52. The van der Waals surface area contributed by atoms with E-state index in [1.54, 1.807) is 24.1 Å². The summed E-state index contributed by atoms with van der Waals surface area (Å²) in [7, 11) is 3.56. The Morgan fingerprint density at radius 3 is 2.64 bits per heavy atom. The summed E-state index contributed by atoms with van der Waals surface area (Å²) in [4.78, 5) is 35.3. The number of aryl methyl sites for hydroxylation is 2. The molecule has 2 aliphatic heterocycles. The lowest BCUT2D eigenvalue weighted by molar-refractivity contribution is -0.124. The molecular weight excluding hydrogens is 516 g/mol. The second-order valence-electron chi connectivity index (χ2n) is 11.1. The summed E-state index contributed by atoms with van der Waals surface area (Å²) in [5.41, 5.74) is 3.70. The minimum atomic E-state index is -0.562. The van der Waals surface area contributed by atoms with Crippen LogP contribution in [-0.4, -0.2) is 59.4 Å². The van der Waals surface area contributed by atoms with Crippen molar-refractivity contribution in [2.24, 2.45) is 13.0 Å². The van der Waals surface area contributed by atoms with Crippen LogP contribution in [0.15, 0.2) is 42.9 Å². The van der Waals surface area contributed by atoms with Crippen LogP contribution < -0.4 is 19.9 Å². The molecule has 0 radical (unpaired) electrons. The third-order valence-electron chi connectivity index (χ3n) is 8.56. The smallest absolute Gasteiger partial charge is 0.253 e. The lowest BCUT2D eigenvalue weighted by Gasteiger charge is -2.47. The standard InChI is InChI=1S/C29H33ClN6O3/c1-18-24(10-20(30)12-31-18)27(37)33-21-6-4-19(5-7-21)14-36-26-9-8-23(39-3)11-25(26)29(28(36)38)16-35(17-29)22-13-32-34(2)15-22/h8-13,15,19,21H,4-7,14,16-17H2,1-3H3,(H,33,37). The summed E-state index contributed by atoms with van der Waals surface area (Å²) in [6.45, 7) is 3.76. The molecule has 9 nitrogen and oxygen atoms in total. The molecule has 204 valence electrons. The van der Waals surface area contributed by atoms with E-state index in [0.29, 0.717) is 41.8 Å². The number of carbonyl (C=O) groups is 2. The van der Waals surface area contributed by atoms with Crippen molar-refractivity contribution >= 4 is 34.8 Å². The van der Waals surface area contributed by atoms with Crippen LogP contribution in [0.4, 0.5) is 11.4 Å². The van der Waals surface area contributed by atoms with Crippen LogP contribution in [0, 0.1) is 12.8 Å². The molecule has 1 aliphatic carbocycles. The molecule has 39 heavy (non-hydrogen) atoms. The maximum Gasteiger partial charge on any atom is 0.253 e. The summed E-state index contributed by atoms with van der Waals surface area (Å²) >= 11 is 6.06. The maximum atomic E-state index is 14.0. The largest absolute Gasteiger partial charge is 0.497 e. The van der Waals surface area contributed by atoms with Crippen molar-refractivity contribution in [1.82, 2.24) is 20.1 Å². The van der Waals surface area contributed by atoms with Gasteiger partial charge in [-0.1, -0.05) is 11.6 Å². The van der Waals surface area contributed by atoms with Crippen molar-refractivity contribution in [2.75, 3.05) is 36.5 Å². The molecule has 1 N–H and O–H groups in total. The monoisotopic (exact) mass is 548 g/mol. The highest BCUT2D eigenvalue weighted by Crippen LogP contribution is 2.50. The Labute approximate surface area is 233 Å². The lowest BCUT2D eigenvalue weighted by Crippen LogP contribution is -2.64. The number of fused-ring (bicyclic) bond motifs is 2. The third-order valence-corrected chi connectivity index (χ3v) is 8.77. The van der Waals surface area contributed by atoms with Crippen LogP contribution in [-0.2, 0) is 17.3 Å². The first-order chi connectivity index (χ1) is 18.8. The second kappa shape index (κ2) is 9.86. The van der Waals surface area contributed by atoms with Crippen LogP contribution in [0.1, 0.15) is 47.3 Å². The van der Waals surface area contributed by atoms with Crippen molar-refractivity contribution in [2.45, 2.75) is 44.1 Å². The number of methoxy groups -OCH3 is 1. The quantitative estimate of drug-likeness (QED) is 0.502. The number of ether oxygens (including phenoxy) is 1. The van der Waals surface area contributed by atoms with Gasteiger partial charge in [-0.25, -0.2) is 0 Å². The van der Waals surface area contributed by atoms with Crippen molar-refractivity contribution in [3.05, 3.63) is 64.7 Å². The van der Waals surface area contributed by atoms with Gasteiger partial charge in [0.25, 0.3) is 5.91 Å². The Balaban J connectivity index is 1.13. The van der Waals surface area contributed by atoms with E-state index in [0.717, 1.165) is 48.4 Å². The summed E-state index contributed by atoms with van der Waals surface area (Å²) in [6, 6.07) is 7.77. The molecule has 1 saturated carbocycles. The first-order valence-corrected chi connectivity index (χ1v) is 13.8. The Morgan fingerprint density at radius 2 is 1.95 bits per heavy atom. The van der Waals surface area contributed by atoms with E-state index in [1.165, 1.54) is 0 Å². The molecule has 1 aromatic carbocycles. The van der Waals surface area contributed by atoms with Crippen LogP contribution in [0.5, 0.6) is 5.75 Å². The maximum absolute atomic E-state index is 14.0. The zero-order valence-corrected chi connectivity index (χ0v) is 23.2. The number of hydrogen-bond acceptors (Lipinski definition) is 6. The van der Waals surface area contributed by atoms with Gasteiger partial charge >= 0.3 is 0 Å². The molecule has 2 amide bonds. The summed E-state index contributed by atoms with van der Waals surface area (Å²) < 4.78 is 7.31. The van der Waals surface area contributed by atoms with Gasteiger partial charge in [-0.05, 0) is 68.4 Å². The Hall–Kier alpha value is -3.59. The fourth-order valence-electron chi connectivity index (χ4n) is 6.34. The molecule has 0 atom stereocenters. The van der Waals surface area contributed by atoms with Gasteiger partial charge in [0, 0.05) is 50.8 Å². The first kappa shape index (κ1) is 25.7. The van der Waals surface area contributed by atoms with Gasteiger partial charge in [0.15, 0.2) is 0 Å². The van der Waals surface area contributed by atoms with Crippen LogP contribution in [0.25, 0.3) is 0 Å². The summed E-state index contributed by atoms with van der Waals surface area (Å²) in [5.74, 6) is 1.18. The predicted octanol–water partition coefficient (Wildman–Crippen LogP) is 3.88. The van der Waals surface area contributed by atoms with Crippen molar-refractivity contribution in [3.8, 4) is 5.75 Å². The van der Waals surface area contributed by atoms with Crippen molar-refractivity contribution < 1.29 is 14.3 Å². The average Bonchev–Trinajstić information content (AvgIpc) is 3.43. The molecular formula is C29H33ClN6O3. The van der Waals surface area contributed by atoms with E-state index >= 15 is 0 Å². The van der Waals surface area contributed by atoms with Gasteiger partial charge in [0.05, 0.1) is 35.3 Å². The lowest BCUT2D eigenvalue weighted by atomic mass is 9.74. The number of halogens is 1. The normalized spacial score (nSPS) is 21.6. The van der Waals surface area contributed by atoms with E-state index in [1.807, 2.05) is 49.5 Å². The average molecular weight is 549 g/mol. The Morgan fingerprint density at radius 1 is 1.18 bits per heavy atom. The van der Waals surface area contributed by atoms with Crippen molar-refractivity contribution in [1.29, 1.82) is 0 Å². The molecule has 10 heteroatoms. The van der Waals surface area contributed by atoms with Crippen LogP contribution in [0.2, 0.25) is 5.02 Å². The van der Waals surface area contributed by atoms with E-state index in [4.69, 9.17) is 16.3 Å². The molecule has 0 bridgehead atoms. The van der Waals surface area contributed by atoms with Gasteiger partial charge in [-0.3, -0.25) is 19.3 Å². The zero-order chi connectivity index (χ0) is 27.3. The number of rotatable bonds is 6. The Kier molecular flexibility index (Phi) is 6.49. The van der Waals surface area contributed by atoms with E-state index in [9.17, 15) is 9.59 Å². The molecule has 1 saturated heterocycles. The first-order valence-electron chi connectivity index (χ1n) is 13.4. The van der Waals surface area contributed by atoms with E-state index < -0.39 is 5.41 Å². The Bertz CT molecular complexity index is 1420. The SMILES string of the molecule is COc1ccc2c(c1)C1(CN(c3cnn(C)c3)C1)C(=O)N2CC1CCC(NC(=O)c2cc(Cl)cnc2C)CC1. The van der Waals surface area contributed by atoms with E-state index in [-0.39, 0.29) is 17.9 Å². The number of pyridine rings is 1. The van der Waals surface area contributed by atoms with Crippen molar-refractivity contribution in [3.63, 3.8) is 0 Å². The van der Waals surface area contributed by atoms with Gasteiger partial charge in [-0.15, -0.1) is 0 Å². The fourth-order valence-corrected chi connectivity index (χ4v) is 6.50. The molecule has 2 fully saturated rings. The molecule has 3 aromatic rings. The number of hydrogen-bond donors (Lipinski definition) is 1. The molecule has 6 rings (SSSR count). The highest BCUT2D eigenvalue weighted by atomic mass is 35.5. The minimum absolute atomic E-state index is 0.101. The molecule has 1 spiro atoms. The number of benzene rings is 1. The summed E-state index contributed by atoms with van der Waals surface area (Å²) in [6.07, 6.45) is 9.03. The topological polar surface area (TPSA) is 92.6 Å². The van der Waals surface area contributed by atoms with Gasteiger partial charge in [0.2, 0.25) is 5.91 Å².